The molecule has 0 bridgehead atoms. The molecule has 1 aliphatic carbocycles. The average Bonchev–Trinajstić information content (AvgIpc) is 3.30. The molecule has 0 aromatic heterocycles. The summed E-state index contributed by atoms with van der Waals surface area (Å²) in [6.45, 7) is 15.1. The highest BCUT2D eigenvalue weighted by atomic mass is 35.5. The molecule has 4 atom stereocenters. The molecule has 0 saturated carbocycles. The molecule has 5 rings (SSSR count). The van der Waals surface area contributed by atoms with Crippen LogP contribution >= 0.6 is 0 Å². The number of hydrogen-bond donors (Lipinski definition) is 2. The maximum atomic E-state index is 11.6. The van der Waals surface area contributed by atoms with Crippen molar-refractivity contribution in [1.82, 2.24) is 0 Å². The number of ether oxygens (including phenoxy) is 3. The van der Waals surface area contributed by atoms with Gasteiger partial charge in [0.2, 0.25) is 12.5 Å². The van der Waals surface area contributed by atoms with Gasteiger partial charge in [0.1, 0.15) is 6.04 Å². The molecule has 2 heterocycles. The number of likely N-dealkylation sites (N-methyl/N-ethyl adjacent to an activating group) is 1. The van der Waals surface area contributed by atoms with E-state index in [0.717, 1.165) is 35.6 Å². The van der Waals surface area contributed by atoms with Crippen LogP contribution in [0.1, 0.15) is 86.6 Å². The molecular formula is C29H40ClNO4. The second kappa shape index (κ2) is 8.86. The molecule has 6 heteroatoms. The second-order valence-corrected chi connectivity index (χ2v) is 11.8. The fourth-order valence-corrected chi connectivity index (χ4v) is 6.81. The predicted octanol–water partition coefficient (Wildman–Crippen LogP) is 1.18. The van der Waals surface area contributed by atoms with Gasteiger partial charge in [0.15, 0.2) is 11.5 Å². The van der Waals surface area contributed by atoms with Crippen molar-refractivity contribution in [3.63, 3.8) is 0 Å². The molecule has 0 amide bonds. The van der Waals surface area contributed by atoms with E-state index in [0.29, 0.717) is 18.1 Å². The van der Waals surface area contributed by atoms with Gasteiger partial charge in [-0.05, 0) is 57.6 Å². The first-order valence-corrected chi connectivity index (χ1v) is 12.6. The highest BCUT2D eigenvalue weighted by Gasteiger charge is 2.49. The van der Waals surface area contributed by atoms with E-state index < -0.39 is 6.10 Å². The van der Waals surface area contributed by atoms with E-state index in [1.54, 1.807) is 7.11 Å². The third kappa shape index (κ3) is 3.82. The maximum Gasteiger partial charge on any atom is 0.231 e. The SMILES string of the molecule is COc1c2c(cc3c1C(CC(O)c1cc4c(cc1C)C(C)(C)C(C)C4(C)C)[NH+](C)CC3)OCO2.[Cl-]. The molecule has 2 aromatic rings. The number of aliphatic hydroxyl groups is 1. The first kappa shape index (κ1) is 26.1. The molecule has 4 unspecified atom stereocenters. The highest BCUT2D eigenvalue weighted by Crippen LogP contribution is 2.55. The van der Waals surface area contributed by atoms with Crippen molar-refractivity contribution in [2.24, 2.45) is 5.92 Å². The molecular weight excluding hydrogens is 462 g/mol. The summed E-state index contributed by atoms with van der Waals surface area (Å²) in [5.41, 5.74) is 7.63. The highest BCUT2D eigenvalue weighted by molar-refractivity contribution is 5.61. The number of hydrogen-bond acceptors (Lipinski definition) is 4. The summed E-state index contributed by atoms with van der Waals surface area (Å²) >= 11 is 0. The molecule has 192 valence electrons. The Kier molecular flexibility index (Phi) is 6.61. The molecule has 0 fully saturated rings. The summed E-state index contributed by atoms with van der Waals surface area (Å²) in [6.07, 6.45) is 1.04. The van der Waals surface area contributed by atoms with Crippen LogP contribution in [0.4, 0.5) is 0 Å². The Hall–Kier alpha value is -1.95. The van der Waals surface area contributed by atoms with Crippen LogP contribution in [0.5, 0.6) is 17.2 Å². The Balaban J connectivity index is 0.00000289. The fourth-order valence-electron chi connectivity index (χ4n) is 6.81. The normalized spacial score (nSPS) is 25.9. The number of methoxy groups -OCH3 is 1. The minimum atomic E-state index is -0.554. The first-order valence-electron chi connectivity index (χ1n) is 12.6. The van der Waals surface area contributed by atoms with Gasteiger partial charge in [-0.1, -0.05) is 46.8 Å². The van der Waals surface area contributed by atoms with E-state index in [1.165, 1.54) is 27.2 Å². The van der Waals surface area contributed by atoms with Gasteiger partial charge < -0.3 is 36.6 Å². The Morgan fingerprint density at radius 3 is 2.43 bits per heavy atom. The van der Waals surface area contributed by atoms with Crippen LogP contribution in [0.2, 0.25) is 0 Å². The number of benzene rings is 2. The van der Waals surface area contributed by atoms with E-state index in [4.69, 9.17) is 14.2 Å². The number of aryl methyl sites for hydroxylation is 1. The largest absolute Gasteiger partial charge is 1.00 e. The predicted molar refractivity (Wildman–Crippen MR) is 133 cm³/mol. The first-order chi connectivity index (χ1) is 16.0. The van der Waals surface area contributed by atoms with Crippen molar-refractivity contribution in [3.8, 4) is 17.2 Å². The van der Waals surface area contributed by atoms with Gasteiger partial charge in [0.05, 0.1) is 32.4 Å². The molecule has 0 saturated heterocycles. The zero-order valence-corrected chi connectivity index (χ0v) is 23.1. The second-order valence-electron chi connectivity index (χ2n) is 11.8. The third-order valence-corrected chi connectivity index (χ3v) is 9.46. The Bertz CT molecular complexity index is 1140. The average molecular weight is 502 g/mol. The van der Waals surface area contributed by atoms with Crippen LogP contribution in [0.3, 0.4) is 0 Å². The van der Waals surface area contributed by atoms with Crippen molar-refractivity contribution < 1.29 is 36.6 Å². The summed E-state index contributed by atoms with van der Waals surface area (Å²) in [7, 11) is 3.91. The Morgan fingerprint density at radius 1 is 1.11 bits per heavy atom. The van der Waals surface area contributed by atoms with Gasteiger partial charge in [-0.15, -0.1) is 0 Å². The minimum absolute atomic E-state index is 0. The number of nitrogens with one attached hydrogen (secondary N) is 1. The van der Waals surface area contributed by atoms with Crippen molar-refractivity contribution in [2.75, 3.05) is 27.5 Å². The monoisotopic (exact) mass is 501 g/mol. The smallest absolute Gasteiger partial charge is 0.231 e. The summed E-state index contributed by atoms with van der Waals surface area (Å²) < 4.78 is 17.3. The van der Waals surface area contributed by atoms with Gasteiger partial charge in [-0.2, -0.15) is 0 Å². The number of quaternary nitrogens is 1. The molecule has 2 N–H and O–H groups in total. The van der Waals surface area contributed by atoms with Gasteiger partial charge >= 0.3 is 0 Å². The van der Waals surface area contributed by atoms with Crippen LogP contribution in [0.15, 0.2) is 18.2 Å². The number of rotatable bonds is 4. The van der Waals surface area contributed by atoms with Crippen molar-refractivity contribution in [3.05, 3.63) is 51.6 Å². The van der Waals surface area contributed by atoms with Crippen LogP contribution in [-0.4, -0.2) is 32.6 Å². The summed E-state index contributed by atoms with van der Waals surface area (Å²) in [5.74, 6) is 2.75. The zero-order valence-electron chi connectivity index (χ0n) is 22.3. The Morgan fingerprint density at radius 2 is 1.77 bits per heavy atom. The lowest BCUT2D eigenvalue weighted by atomic mass is 9.71. The molecule has 3 aliphatic rings. The van der Waals surface area contributed by atoms with Crippen LogP contribution in [0.25, 0.3) is 0 Å². The lowest BCUT2D eigenvalue weighted by Gasteiger charge is -2.34. The third-order valence-electron chi connectivity index (χ3n) is 9.46. The van der Waals surface area contributed by atoms with Crippen molar-refractivity contribution in [1.29, 1.82) is 0 Å². The molecule has 5 nitrogen and oxygen atoms in total. The number of halogens is 1. The van der Waals surface area contributed by atoms with Crippen molar-refractivity contribution >= 4 is 0 Å². The standard InChI is InChI=1S/C29H39NO4.ClH/c1-16-11-20-21(29(5,6)17(2)28(20,3)4)13-19(16)23(31)14-22-25-18(9-10-30(22)7)12-24-26(27(25)32-8)34-15-33-24;/h11-13,17,22-23,31H,9-10,14-15H2,1-8H3;1H. The van der Waals surface area contributed by atoms with E-state index in [-0.39, 0.29) is 36.1 Å². The van der Waals surface area contributed by atoms with E-state index in [1.807, 2.05) is 0 Å². The molecule has 2 aromatic carbocycles. The van der Waals surface area contributed by atoms with Crippen LogP contribution in [-0.2, 0) is 17.3 Å². The number of aliphatic hydroxyl groups excluding tert-OH is 1. The van der Waals surface area contributed by atoms with Crippen LogP contribution in [0, 0.1) is 12.8 Å². The topological polar surface area (TPSA) is 52.4 Å². The van der Waals surface area contributed by atoms with E-state index >= 15 is 0 Å². The fraction of sp³-hybridized carbons (Fsp3) is 0.586. The molecule has 2 aliphatic heterocycles. The summed E-state index contributed by atoms with van der Waals surface area (Å²) in [4.78, 5) is 1.39. The quantitative estimate of drug-likeness (QED) is 0.660. The molecule has 0 spiro atoms. The minimum Gasteiger partial charge on any atom is -1.00 e. The van der Waals surface area contributed by atoms with Gasteiger partial charge in [-0.3, -0.25) is 0 Å². The summed E-state index contributed by atoms with van der Waals surface area (Å²) in [5, 5.41) is 11.6. The van der Waals surface area contributed by atoms with Crippen LogP contribution < -0.4 is 31.5 Å². The molecule has 35 heavy (non-hydrogen) atoms. The lowest BCUT2D eigenvalue weighted by Crippen LogP contribution is -3.10. The summed E-state index contributed by atoms with van der Waals surface area (Å²) in [6, 6.07) is 6.86. The van der Waals surface area contributed by atoms with E-state index in [9.17, 15) is 5.11 Å². The van der Waals surface area contributed by atoms with Gasteiger partial charge in [-0.25, -0.2) is 0 Å². The molecule has 0 radical (unpaired) electrons. The van der Waals surface area contributed by atoms with Crippen molar-refractivity contribution in [2.45, 2.75) is 77.4 Å². The maximum absolute atomic E-state index is 11.6. The van der Waals surface area contributed by atoms with Gasteiger partial charge in [0, 0.05) is 12.8 Å². The van der Waals surface area contributed by atoms with Gasteiger partial charge in [0.25, 0.3) is 0 Å². The van der Waals surface area contributed by atoms with E-state index in [2.05, 4.69) is 66.8 Å². The Labute approximate surface area is 216 Å². The lowest BCUT2D eigenvalue weighted by molar-refractivity contribution is -0.915. The zero-order chi connectivity index (χ0) is 24.6. The number of fused-ring (bicyclic) bond motifs is 3.